The SMILES string of the molecule is COC(CN(C)Cc1ccccc1Cl)OC. The van der Waals surface area contributed by atoms with Crippen molar-refractivity contribution in [3.8, 4) is 0 Å². The number of ether oxygens (including phenoxy) is 2. The third kappa shape index (κ3) is 4.10. The quantitative estimate of drug-likeness (QED) is 0.717. The highest BCUT2D eigenvalue weighted by Crippen LogP contribution is 2.16. The fourth-order valence-corrected chi connectivity index (χ4v) is 1.68. The summed E-state index contributed by atoms with van der Waals surface area (Å²) in [5.41, 5.74) is 1.11. The Kier molecular flexibility index (Phi) is 5.77. The van der Waals surface area contributed by atoms with Gasteiger partial charge in [-0.3, -0.25) is 4.90 Å². The number of methoxy groups -OCH3 is 2. The van der Waals surface area contributed by atoms with Crippen LogP contribution in [0.2, 0.25) is 5.02 Å². The topological polar surface area (TPSA) is 21.7 Å². The molecule has 0 radical (unpaired) electrons. The van der Waals surface area contributed by atoms with Crippen LogP contribution in [0.4, 0.5) is 0 Å². The lowest BCUT2D eigenvalue weighted by Gasteiger charge is -2.22. The monoisotopic (exact) mass is 243 g/mol. The molecule has 0 amide bonds. The Morgan fingerprint density at radius 2 is 1.88 bits per heavy atom. The molecule has 1 aromatic rings. The molecule has 3 nitrogen and oxygen atoms in total. The lowest BCUT2D eigenvalue weighted by Crippen LogP contribution is -2.31. The van der Waals surface area contributed by atoms with Gasteiger partial charge in [0.15, 0.2) is 6.29 Å². The van der Waals surface area contributed by atoms with Crippen molar-refractivity contribution in [2.45, 2.75) is 12.8 Å². The van der Waals surface area contributed by atoms with Crippen molar-refractivity contribution in [3.05, 3.63) is 34.9 Å². The van der Waals surface area contributed by atoms with Crippen LogP contribution in [0.3, 0.4) is 0 Å². The highest BCUT2D eigenvalue weighted by molar-refractivity contribution is 6.31. The van der Waals surface area contributed by atoms with E-state index in [1.807, 2.05) is 31.3 Å². The predicted molar refractivity (Wildman–Crippen MR) is 65.6 cm³/mol. The summed E-state index contributed by atoms with van der Waals surface area (Å²) < 4.78 is 10.3. The van der Waals surface area contributed by atoms with Crippen LogP contribution in [0.5, 0.6) is 0 Å². The van der Waals surface area contributed by atoms with Crippen LogP contribution in [0.1, 0.15) is 5.56 Å². The second-order valence-corrected chi connectivity index (χ2v) is 4.10. The number of hydrogen-bond donors (Lipinski definition) is 0. The summed E-state index contributed by atoms with van der Waals surface area (Å²) in [5, 5.41) is 0.792. The molecule has 0 saturated carbocycles. The molecule has 0 aliphatic rings. The van der Waals surface area contributed by atoms with Crippen molar-refractivity contribution in [3.63, 3.8) is 0 Å². The first-order valence-corrected chi connectivity index (χ1v) is 5.52. The smallest absolute Gasteiger partial charge is 0.169 e. The van der Waals surface area contributed by atoms with E-state index in [9.17, 15) is 0 Å². The van der Waals surface area contributed by atoms with Gasteiger partial charge < -0.3 is 9.47 Å². The summed E-state index contributed by atoms with van der Waals surface area (Å²) >= 11 is 6.08. The number of rotatable bonds is 6. The van der Waals surface area contributed by atoms with Gasteiger partial charge in [-0.25, -0.2) is 0 Å². The fourth-order valence-electron chi connectivity index (χ4n) is 1.48. The highest BCUT2D eigenvalue weighted by Gasteiger charge is 2.10. The van der Waals surface area contributed by atoms with Gasteiger partial charge in [0.2, 0.25) is 0 Å². The average molecular weight is 244 g/mol. The second-order valence-electron chi connectivity index (χ2n) is 3.69. The minimum Gasteiger partial charge on any atom is -0.355 e. The standard InChI is InChI=1S/C12H18ClNO2/c1-14(9-12(15-2)16-3)8-10-6-4-5-7-11(10)13/h4-7,12H,8-9H2,1-3H3. The lowest BCUT2D eigenvalue weighted by atomic mass is 10.2. The number of halogens is 1. The predicted octanol–water partition coefficient (Wildman–Crippen LogP) is 2.39. The summed E-state index contributed by atoms with van der Waals surface area (Å²) in [7, 11) is 5.28. The van der Waals surface area contributed by atoms with E-state index in [0.29, 0.717) is 6.54 Å². The van der Waals surface area contributed by atoms with Gasteiger partial charge in [0, 0.05) is 32.3 Å². The molecule has 0 bridgehead atoms. The lowest BCUT2D eigenvalue weighted by molar-refractivity contribution is -0.114. The minimum atomic E-state index is -0.201. The van der Waals surface area contributed by atoms with Gasteiger partial charge in [0.1, 0.15) is 0 Å². The third-order valence-electron chi connectivity index (χ3n) is 2.38. The summed E-state index contributed by atoms with van der Waals surface area (Å²) in [6, 6.07) is 7.83. The van der Waals surface area contributed by atoms with E-state index >= 15 is 0 Å². The highest BCUT2D eigenvalue weighted by atomic mass is 35.5. The second kappa shape index (κ2) is 6.86. The minimum absolute atomic E-state index is 0.201. The molecule has 0 saturated heterocycles. The molecule has 0 unspecified atom stereocenters. The number of nitrogens with zero attached hydrogens (tertiary/aromatic N) is 1. The normalized spacial score (nSPS) is 11.4. The summed E-state index contributed by atoms with van der Waals surface area (Å²) in [6.07, 6.45) is -0.201. The van der Waals surface area contributed by atoms with Crippen LogP contribution in [-0.2, 0) is 16.0 Å². The van der Waals surface area contributed by atoms with Gasteiger partial charge in [-0.05, 0) is 18.7 Å². The van der Waals surface area contributed by atoms with E-state index in [4.69, 9.17) is 21.1 Å². The molecule has 1 aromatic carbocycles. The van der Waals surface area contributed by atoms with E-state index in [2.05, 4.69) is 4.90 Å². The maximum Gasteiger partial charge on any atom is 0.169 e. The van der Waals surface area contributed by atoms with Gasteiger partial charge in [-0.1, -0.05) is 29.8 Å². The summed E-state index contributed by atoms with van der Waals surface area (Å²) in [4.78, 5) is 2.11. The summed E-state index contributed by atoms with van der Waals surface area (Å²) in [6.45, 7) is 1.49. The Morgan fingerprint density at radius 3 is 2.44 bits per heavy atom. The zero-order valence-corrected chi connectivity index (χ0v) is 10.7. The largest absolute Gasteiger partial charge is 0.355 e. The third-order valence-corrected chi connectivity index (χ3v) is 2.75. The molecule has 16 heavy (non-hydrogen) atoms. The average Bonchev–Trinajstić information content (AvgIpc) is 2.29. The van der Waals surface area contributed by atoms with Crippen molar-refractivity contribution < 1.29 is 9.47 Å². The van der Waals surface area contributed by atoms with E-state index in [1.165, 1.54) is 0 Å². The van der Waals surface area contributed by atoms with Crippen LogP contribution in [0, 0.1) is 0 Å². The molecule has 90 valence electrons. The van der Waals surface area contributed by atoms with Gasteiger partial charge in [-0.15, -0.1) is 0 Å². The van der Waals surface area contributed by atoms with Crippen LogP contribution in [0.25, 0.3) is 0 Å². The molecule has 0 aromatic heterocycles. The molecule has 0 aliphatic heterocycles. The number of likely N-dealkylation sites (N-methyl/N-ethyl adjacent to an activating group) is 1. The number of hydrogen-bond acceptors (Lipinski definition) is 3. The van der Waals surface area contributed by atoms with Crippen molar-refractivity contribution in [1.29, 1.82) is 0 Å². The molecule has 0 fully saturated rings. The maximum atomic E-state index is 6.08. The molecular formula is C12H18ClNO2. The molecule has 0 N–H and O–H groups in total. The van der Waals surface area contributed by atoms with E-state index < -0.39 is 0 Å². The van der Waals surface area contributed by atoms with Crippen molar-refractivity contribution >= 4 is 11.6 Å². The van der Waals surface area contributed by atoms with Crippen LogP contribution >= 0.6 is 11.6 Å². The molecule has 0 atom stereocenters. The first-order valence-electron chi connectivity index (χ1n) is 5.15. The van der Waals surface area contributed by atoms with E-state index in [0.717, 1.165) is 17.1 Å². The van der Waals surface area contributed by atoms with Crippen LogP contribution < -0.4 is 0 Å². The summed E-state index contributed by atoms with van der Waals surface area (Å²) in [5.74, 6) is 0. The Labute approximate surface area is 102 Å². The van der Waals surface area contributed by atoms with Crippen molar-refractivity contribution in [2.75, 3.05) is 27.8 Å². The van der Waals surface area contributed by atoms with Crippen molar-refractivity contribution in [2.24, 2.45) is 0 Å². The first kappa shape index (κ1) is 13.5. The fraction of sp³-hybridized carbons (Fsp3) is 0.500. The van der Waals surface area contributed by atoms with Crippen LogP contribution in [-0.4, -0.2) is 39.0 Å². The Morgan fingerprint density at radius 1 is 1.25 bits per heavy atom. The molecule has 0 aliphatic carbocycles. The van der Waals surface area contributed by atoms with Gasteiger partial charge in [0.05, 0.1) is 0 Å². The molecule has 4 heteroatoms. The van der Waals surface area contributed by atoms with E-state index in [-0.39, 0.29) is 6.29 Å². The van der Waals surface area contributed by atoms with Gasteiger partial charge in [0.25, 0.3) is 0 Å². The molecule has 0 spiro atoms. The number of benzene rings is 1. The molecule has 1 rings (SSSR count). The zero-order chi connectivity index (χ0) is 12.0. The zero-order valence-electron chi connectivity index (χ0n) is 9.94. The van der Waals surface area contributed by atoms with Crippen LogP contribution in [0.15, 0.2) is 24.3 Å². The van der Waals surface area contributed by atoms with Gasteiger partial charge in [-0.2, -0.15) is 0 Å². The molecular weight excluding hydrogens is 226 g/mol. The van der Waals surface area contributed by atoms with Crippen molar-refractivity contribution in [1.82, 2.24) is 4.90 Å². The first-order chi connectivity index (χ1) is 7.67. The van der Waals surface area contributed by atoms with E-state index in [1.54, 1.807) is 14.2 Å². The Bertz CT molecular complexity index is 316. The van der Waals surface area contributed by atoms with Gasteiger partial charge >= 0.3 is 0 Å². The maximum absolute atomic E-state index is 6.08. The Hall–Kier alpha value is -0.610. The Balaban J connectivity index is 2.51. The molecule has 0 heterocycles.